The number of nitro benzene ring substituents is 1. The number of aryl methyl sites for hydroxylation is 1. The largest absolute Gasteiger partial charge is 0.325 e. The first-order valence-electron chi connectivity index (χ1n) is 9.62. The SMILES string of the molecule is Cc1ccc(-n2nnnc2SCC(=O)Nc2ccc(-c3ccc([N+](=O)[O-])cc3)cc2)cc1. The first-order valence-corrected chi connectivity index (χ1v) is 10.6. The molecule has 0 saturated carbocycles. The highest BCUT2D eigenvalue weighted by Crippen LogP contribution is 2.24. The van der Waals surface area contributed by atoms with Crippen molar-refractivity contribution in [3.8, 4) is 16.8 Å². The van der Waals surface area contributed by atoms with Gasteiger partial charge in [0.1, 0.15) is 0 Å². The van der Waals surface area contributed by atoms with E-state index in [2.05, 4.69) is 20.8 Å². The van der Waals surface area contributed by atoms with Crippen LogP contribution in [0.15, 0.2) is 78.0 Å². The number of nitro groups is 1. The van der Waals surface area contributed by atoms with Gasteiger partial charge in [0.15, 0.2) is 0 Å². The molecule has 0 radical (unpaired) electrons. The number of carbonyl (C=O) groups excluding carboxylic acids is 1. The van der Waals surface area contributed by atoms with Crippen LogP contribution >= 0.6 is 11.8 Å². The molecule has 1 N–H and O–H groups in total. The van der Waals surface area contributed by atoms with Crippen molar-refractivity contribution >= 4 is 29.0 Å². The van der Waals surface area contributed by atoms with Crippen molar-refractivity contribution in [1.29, 1.82) is 0 Å². The van der Waals surface area contributed by atoms with Gasteiger partial charge in [0.2, 0.25) is 11.1 Å². The zero-order valence-corrected chi connectivity index (χ0v) is 17.8. The molecule has 0 bridgehead atoms. The number of benzene rings is 3. The number of tetrazole rings is 1. The average molecular weight is 446 g/mol. The van der Waals surface area contributed by atoms with E-state index in [1.807, 2.05) is 43.3 Å². The molecule has 0 fully saturated rings. The minimum Gasteiger partial charge on any atom is -0.325 e. The summed E-state index contributed by atoms with van der Waals surface area (Å²) in [5.41, 5.74) is 4.40. The van der Waals surface area contributed by atoms with Crippen LogP contribution in [0.5, 0.6) is 0 Å². The maximum Gasteiger partial charge on any atom is 0.269 e. The van der Waals surface area contributed by atoms with E-state index < -0.39 is 4.92 Å². The molecule has 4 rings (SSSR count). The normalized spacial score (nSPS) is 10.7. The van der Waals surface area contributed by atoms with Crippen molar-refractivity contribution in [2.45, 2.75) is 12.1 Å². The molecule has 1 aromatic heterocycles. The van der Waals surface area contributed by atoms with Crippen LogP contribution in [0.1, 0.15) is 5.56 Å². The second-order valence-electron chi connectivity index (χ2n) is 6.93. The molecule has 1 heterocycles. The van der Waals surface area contributed by atoms with Gasteiger partial charge < -0.3 is 5.32 Å². The third kappa shape index (κ3) is 4.98. The lowest BCUT2D eigenvalue weighted by Crippen LogP contribution is -2.14. The molecular weight excluding hydrogens is 428 g/mol. The van der Waals surface area contributed by atoms with E-state index in [4.69, 9.17) is 0 Å². The first-order chi connectivity index (χ1) is 15.5. The summed E-state index contributed by atoms with van der Waals surface area (Å²) >= 11 is 1.24. The fourth-order valence-corrected chi connectivity index (χ4v) is 3.66. The quantitative estimate of drug-likeness (QED) is 0.256. The van der Waals surface area contributed by atoms with E-state index in [0.717, 1.165) is 22.4 Å². The van der Waals surface area contributed by atoms with Crippen molar-refractivity contribution in [3.63, 3.8) is 0 Å². The molecule has 1 amide bonds. The van der Waals surface area contributed by atoms with Crippen molar-refractivity contribution in [1.82, 2.24) is 20.2 Å². The maximum absolute atomic E-state index is 12.4. The Morgan fingerprint density at radius 3 is 2.25 bits per heavy atom. The Kier molecular flexibility index (Phi) is 6.22. The fraction of sp³-hybridized carbons (Fsp3) is 0.0909. The molecule has 0 atom stereocenters. The number of aromatic nitrogens is 4. The minimum atomic E-state index is -0.431. The number of hydrogen-bond acceptors (Lipinski definition) is 7. The zero-order chi connectivity index (χ0) is 22.5. The molecule has 0 unspecified atom stereocenters. The molecule has 0 saturated heterocycles. The predicted molar refractivity (Wildman–Crippen MR) is 122 cm³/mol. The Morgan fingerprint density at radius 2 is 1.62 bits per heavy atom. The molecule has 10 heteroatoms. The van der Waals surface area contributed by atoms with Gasteiger partial charge in [0.25, 0.3) is 5.69 Å². The Hall–Kier alpha value is -4.05. The Balaban J connectivity index is 1.35. The lowest BCUT2D eigenvalue weighted by Gasteiger charge is -2.07. The lowest BCUT2D eigenvalue weighted by atomic mass is 10.1. The Labute approximate surface area is 187 Å². The molecule has 160 valence electrons. The number of amides is 1. The van der Waals surface area contributed by atoms with Gasteiger partial charge >= 0.3 is 0 Å². The van der Waals surface area contributed by atoms with Crippen LogP contribution in [-0.4, -0.2) is 36.8 Å². The minimum absolute atomic E-state index is 0.0449. The fourth-order valence-electron chi connectivity index (χ4n) is 2.97. The van der Waals surface area contributed by atoms with Gasteiger partial charge in [-0.2, -0.15) is 4.68 Å². The third-order valence-electron chi connectivity index (χ3n) is 4.63. The van der Waals surface area contributed by atoms with Crippen LogP contribution < -0.4 is 5.32 Å². The summed E-state index contributed by atoms with van der Waals surface area (Å²) in [7, 11) is 0. The van der Waals surface area contributed by atoms with E-state index in [1.54, 1.807) is 28.9 Å². The molecule has 9 nitrogen and oxygen atoms in total. The van der Waals surface area contributed by atoms with Crippen molar-refractivity contribution in [2.75, 3.05) is 11.1 Å². The Bertz CT molecular complexity index is 1240. The number of anilines is 1. The number of non-ortho nitro benzene ring substituents is 1. The summed E-state index contributed by atoms with van der Waals surface area (Å²) in [5.74, 6) is -0.0346. The summed E-state index contributed by atoms with van der Waals surface area (Å²) < 4.78 is 1.59. The van der Waals surface area contributed by atoms with E-state index in [0.29, 0.717) is 10.8 Å². The Morgan fingerprint density at radius 1 is 1.00 bits per heavy atom. The van der Waals surface area contributed by atoms with E-state index >= 15 is 0 Å². The van der Waals surface area contributed by atoms with Gasteiger partial charge in [-0.05, 0) is 64.9 Å². The van der Waals surface area contributed by atoms with Crippen molar-refractivity contribution < 1.29 is 9.72 Å². The van der Waals surface area contributed by atoms with Crippen molar-refractivity contribution in [2.24, 2.45) is 0 Å². The van der Waals surface area contributed by atoms with Crippen LogP contribution in [-0.2, 0) is 4.79 Å². The van der Waals surface area contributed by atoms with Gasteiger partial charge in [0, 0.05) is 17.8 Å². The van der Waals surface area contributed by atoms with E-state index in [9.17, 15) is 14.9 Å². The summed E-state index contributed by atoms with van der Waals surface area (Å²) in [6, 6.07) is 21.4. The first kappa shape index (κ1) is 21.2. The summed E-state index contributed by atoms with van der Waals surface area (Å²) in [6.07, 6.45) is 0. The molecule has 3 aromatic carbocycles. The highest BCUT2D eigenvalue weighted by Gasteiger charge is 2.12. The monoisotopic (exact) mass is 446 g/mol. The predicted octanol–water partition coefficient (Wildman–Crippen LogP) is 4.28. The molecule has 32 heavy (non-hydrogen) atoms. The maximum atomic E-state index is 12.4. The number of nitrogens with one attached hydrogen (secondary N) is 1. The molecule has 0 aliphatic heterocycles. The number of rotatable bonds is 7. The van der Waals surface area contributed by atoms with Crippen LogP contribution in [0.2, 0.25) is 0 Å². The smallest absolute Gasteiger partial charge is 0.269 e. The highest BCUT2D eigenvalue weighted by molar-refractivity contribution is 7.99. The highest BCUT2D eigenvalue weighted by atomic mass is 32.2. The second-order valence-corrected chi connectivity index (χ2v) is 7.87. The van der Waals surface area contributed by atoms with E-state index in [-0.39, 0.29) is 17.3 Å². The number of thioether (sulfide) groups is 1. The second kappa shape index (κ2) is 9.40. The zero-order valence-electron chi connectivity index (χ0n) is 17.0. The number of hydrogen-bond donors (Lipinski definition) is 1. The molecular formula is C22H18N6O3S. The van der Waals surface area contributed by atoms with Crippen LogP contribution in [0.3, 0.4) is 0 Å². The summed E-state index contributed by atoms with van der Waals surface area (Å²) in [4.78, 5) is 22.7. The summed E-state index contributed by atoms with van der Waals surface area (Å²) in [6.45, 7) is 2.00. The molecule has 0 aliphatic rings. The number of carbonyl (C=O) groups is 1. The summed E-state index contributed by atoms with van der Waals surface area (Å²) in [5, 5.41) is 25.9. The molecule has 0 aliphatic carbocycles. The van der Waals surface area contributed by atoms with Gasteiger partial charge in [-0.1, -0.05) is 41.6 Å². The average Bonchev–Trinajstić information content (AvgIpc) is 3.27. The van der Waals surface area contributed by atoms with Crippen LogP contribution in [0.4, 0.5) is 11.4 Å². The van der Waals surface area contributed by atoms with Gasteiger partial charge in [-0.15, -0.1) is 5.10 Å². The molecule has 0 spiro atoms. The van der Waals surface area contributed by atoms with Gasteiger partial charge in [-0.25, -0.2) is 0 Å². The standard InChI is InChI=1S/C22H18N6O3S/c1-15-2-10-19(11-3-15)27-22(24-25-26-27)32-14-21(29)23-18-8-4-16(5-9-18)17-6-12-20(13-7-17)28(30)31/h2-13H,14H2,1H3,(H,23,29). The van der Waals surface area contributed by atoms with Crippen LogP contribution in [0, 0.1) is 17.0 Å². The lowest BCUT2D eigenvalue weighted by molar-refractivity contribution is -0.384. The number of nitrogens with zero attached hydrogens (tertiary/aromatic N) is 5. The van der Waals surface area contributed by atoms with Crippen LogP contribution in [0.25, 0.3) is 16.8 Å². The molecule has 4 aromatic rings. The topological polar surface area (TPSA) is 116 Å². The van der Waals surface area contributed by atoms with Gasteiger partial charge in [0.05, 0.1) is 16.4 Å². The third-order valence-corrected chi connectivity index (χ3v) is 5.55. The van der Waals surface area contributed by atoms with E-state index in [1.165, 1.54) is 23.9 Å². The van der Waals surface area contributed by atoms with Gasteiger partial charge in [-0.3, -0.25) is 14.9 Å². The van der Waals surface area contributed by atoms with Crippen molar-refractivity contribution in [3.05, 3.63) is 88.5 Å².